The van der Waals surface area contributed by atoms with Gasteiger partial charge in [-0.3, -0.25) is 10.3 Å². The van der Waals surface area contributed by atoms with E-state index < -0.39 is 0 Å². The van der Waals surface area contributed by atoms with Crippen LogP contribution in [-0.4, -0.2) is 26.1 Å². The van der Waals surface area contributed by atoms with Gasteiger partial charge in [-0.25, -0.2) is 0 Å². The normalized spacial score (nSPS) is 8.93. The molecule has 0 aliphatic carbocycles. The fourth-order valence-corrected chi connectivity index (χ4v) is 0.777. The minimum absolute atomic E-state index is 0.0594. The van der Waals surface area contributed by atoms with E-state index in [4.69, 9.17) is 10.5 Å². The van der Waals surface area contributed by atoms with Crippen LogP contribution in [-0.2, 0) is 4.84 Å². The highest BCUT2D eigenvalue weighted by Crippen LogP contribution is 2.06. The average Bonchev–Trinajstić information content (AvgIpc) is 2.17. The maximum atomic E-state index is 8.66. The molecule has 5 heteroatoms. The molecule has 0 rings (SSSR count). The third kappa shape index (κ3) is 3.61. The van der Waals surface area contributed by atoms with Crippen molar-refractivity contribution < 1.29 is 4.84 Å². The first-order valence-corrected chi connectivity index (χ1v) is 3.84. The van der Waals surface area contributed by atoms with E-state index in [0.29, 0.717) is 5.70 Å². The lowest BCUT2D eigenvalue weighted by atomic mass is 10.2. The molecular formula is C9H12N4O. The van der Waals surface area contributed by atoms with Crippen LogP contribution in [0.5, 0.6) is 0 Å². The summed E-state index contributed by atoms with van der Waals surface area (Å²) in [5.74, 6) is 0. The van der Waals surface area contributed by atoms with Crippen LogP contribution in [0, 0.1) is 22.7 Å². The lowest BCUT2D eigenvalue weighted by molar-refractivity contribution is 0.128. The molecule has 0 heterocycles. The molecule has 5 nitrogen and oxygen atoms in total. The van der Waals surface area contributed by atoms with Gasteiger partial charge in [0.25, 0.3) is 0 Å². The van der Waals surface area contributed by atoms with Gasteiger partial charge in [0.1, 0.15) is 12.1 Å². The molecule has 0 aromatic heterocycles. The Morgan fingerprint density at radius 1 is 1.36 bits per heavy atom. The number of hydrogen-bond donors (Lipinski definition) is 1. The molecule has 0 saturated heterocycles. The fraction of sp³-hybridized carbons (Fsp3) is 0.333. The van der Waals surface area contributed by atoms with Gasteiger partial charge in [-0.05, 0) is 6.08 Å². The van der Waals surface area contributed by atoms with E-state index in [9.17, 15) is 0 Å². The molecule has 0 fully saturated rings. The maximum absolute atomic E-state index is 8.66. The maximum Gasteiger partial charge on any atom is 0.152 e. The van der Waals surface area contributed by atoms with Crippen molar-refractivity contribution in [2.45, 2.75) is 0 Å². The summed E-state index contributed by atoms with van der Waals surface area (Å²) in [6.45, 7) is 0. The Balaban J connectivity index is 4.89. The van der Waals surface area contributed by atoms with Gasteiger partial charge in [0.05, 0.1) is 12.8 Å². The van der Waals surface area contributed by atoms with E-state index in [2.05, 4.69) is 10.3 Å². The van der Waals surface area contributed by atoms with E-state index in [1.165, 1.54) is 13.3 Å². The second-order valence-electron chi connectivity index (χ2n) is 2.53. The van der Waals surface area contributed by atoms with Crippen molar-refractivity contribution in [2.24, 2.45) is 0 Å². The average molecular weight is 192 g/mol. The van der Waals surface area contributed by atoms with Gasteiger partial charge in [0, 0.05) is 20.3 Å². The van der Waals surface area contributed by atoms with Gasteiger partial charge < -0.3 is 4.90 Å². The summed E-state index contributed by atoms with van der Waals surface area (Å²) >= 11 is 0. The Morgan fingerprint density at radius 3 is 2.29 bits per heavy atom. The molecular weight excluding hydrogens is 180 g/mol. The zero-order valence-corrected chi connectivity index (χ0v) is 8.40. The van der Waals surface area contributed by atoms with Crippen LogP contribution in [0.3, 0.4) is 0 Å². The molecule has 0 saturated carbocycles. The zero-order chi connectivity index (χ0) is 11.0. The van der Waals surface area contributed by atoms with Crippen LogP contribution in [0.25, 0.3) is 0 Å². The van der Waals surface area contributed by atoms with Crippen molar-refractivity contribution in [3.8, 4) is 12.1 Å². The Kier molecular flexibility index (Phi) is 5.60. The third-order valence-corrected chi connectivity index (χ3v) is 1.39. The van der Waals surface area contributed by atoms with Crippen LogP contribution in [0.2, 0.25) is 0 Å². The minimum Gasteiger partial charge on any atom is -0.376 e. The molecule has 0 aliphatic rings. The van der Waals surface area contributed by atoms with E-state index in [1.807, 2.05) is 12.1 Å². The number of allylic oxidation sites excluding steroid dienone is 2. The molecule has 0 spiro atoms. The van der Waals surface area contributed by atoms with Gasteiger partial charge in [0.15, 0.2) is 5.57 Å². The van der Waals surface area contributed by atoms with Crippen molar-refractivity contribution in [1.29, 1.82) is 10.5 Å². The summed E-state index contributed by atoms with van der Waals surface area (Å²) in [5, 5.41) is 17.3. The van der Waals surface area contributed by atoms with Crippen LogP contribution in [0.4, 0.5) is 0 Å². The first-order valence-electron chi connectivity index (χ1n) is 3.84. The Morgan fingerprint density at radius 2 is 1.93 bits per heavy atom. The fourth-order valence-electron chi connectivity index (χ4n) is 0.777. The summed E-state index contributed by atoms with van der Waals surface area (Å²) in [7, 11) is 4.97. The molecule has 0 unspecified atom stereocenters. The van der Waals surface area contributed by atoms with Crippen LogP contribution in [0.1, 0.15) is 0 Å². The largest absolute Gasteiger partial charge is 0.376 e. The van der Waals surface area contributed by atoms with Crippen molar-refractivity contribution in [1.82, 2.24) is 10.4 Å². The Bertz CT molecular complexity index is 301. The number of likely N-dealkylation sites (N-methyl/N-ethyl adjacent to an activating group) is 1. The van der Waals surface area contributed by atoms with Crippen molar-refractivity contribution in [2.75, 3.05) is 21.2 Å². The molecule has 1 N–H and O–H groups in total. The monoisotopic (exact) mass is 192 g/mol. The number of nitriles is 2. The Hall–Kier alpha value is -1.98. The predicted molar refractivity (Wildman–Crippen MR) is 51.2 cm³/mol. The zero-order valence-electron chi connectivity index (χ0n) is 8.40. The summed E-state index contributed by atoms with van der Waals surface area (Å²) in [6, 6.07) is 3.63. The number of hydroxylamine groups is 1. The van der Waals surface area contributed by atoms with Crippen LogP contribution < -0.4 is 5.48 Å². The second kappa shape index (κ2) is 6.53. The van der Waals surface area contributed by atoms with Gasteiger partial charge in [-0.15, -0.1) is 0 Å². The standard InChI is InChI=1S/C9H12N4O/c1-13(2)9(4-5-12-14-3)8(6-10)7-11/h4-5,12H,1-3H3. The summed E-state index contributed by atoms with van der Waals surface area (Å²) in [6.07, 6.45) is 3.09. The van der Waals surface area contributed by atoms with E-state index in [-0.39, 0.29) is 5.57 Å². The van der Waals surface area contributed by atoms with E-state index in [0.717, 1.165) is 0 Å². The summed E-state index contributed by atoms with van der Waals surface area (Å²) in [4.78, 5) is 6.25. The highest BCUT2D eigenvalue weighted by molar-refractivity contribution is 5.43. The van der Waals surface area contributed by atoms with Gasteiger partial charge >= 0.3 is 0 Å². The quantitative estimate of drug-likeness (QED) is 0.399. The van der Waals surface area contributed by atoms with Gasteiger partial charge in [0.2, 0.25) is 0 Å². The minimum atomic E-state index is 0.0594. The van der Waals surface area contributed by atoms with E-state index >= 15 is 0 Å². The number of rotatable bonds is 4. The highest BCUT2D eigenvalue weighted by Gasteiger charge is 2.04. The summed E-state index contributed by atoms with van der Waals surface area (Å²) in [5.41, 5.74) is 3.06. The molecule has 74 valence electrons. The molecule has 0 radical (unpaired) electrons. The first-order chi connectivity index (χ1) is 6.67. The van der Waals surface area contributed by atoms with Gasteiger partial charge in [-0.2, -0.15) is 10.5 Å². The van der Waals surface area contributed by atoms with Gasteiger partial charge in [-0.1, -0.05) is 0 Å². The number of nitrogens with one attached hydrogen (secondary N) is 1. The molecule has 0 amide bonds. The van der Waals surface area contributed by atoms with Crippen molar-refractivity contribution in [3.05, 3.63) is 23.5 Å². The molecule has 0 aromatic rings. The molecule has 0 aliphatic heterocycles. The molecule has 0 aromatic carbocycles. The summed E-state index contributed by atoms with van der Waals surface area (Å²) < 4.78 is 0. The third-order valence-electron chi connectivity index (χ3n) is 1.39. The highest BCUT2D eigenvalue weighted by atomic mass is 16.6. The predicted octanol–water partition coefficient (Wildman–Crippen LogP) is 0.514. The molecule has 0 atom stereocenters. The van der Waals surface area contributed by atoms with Crippen molar-refractivity contribution in [3.63, 3.8) is 0 Å². The lowest BCUT2D eigenvalue weighted by Gasteiger charge is -2.13. The van der Waals surface area contributed by atoms with Crippen LogP contribution in [0.15, 0.2) is 23.5 Å². The topological polar surface area (TPSA) is 72.1 Å². The first kappa shape index (κ1) is 12.0. The SMILES string of the molecule is CONC=CC(=C(C#N)C#N)N(C)C. The molecule has 14 heavy (non-hydrogen) atoms. The number of hydrogen-bond acceptors (Lipinski definition) is 5. The Labute approximate surface area is 83.4 Å². The van der Waals surface area contributed by atoms with Crippen LogP contribution >= 0.6 is 0 Å². The lowest BCUT2D eigenvalue weighted by Crippen LogP contribution is -2.12. The van der Waals surface area contributed by atoms with Crippen molar-refractivity contribution >= 4 is 0 Å². The smallest absolute Gasteiger partial charge is 0.152 e. The number of nitrogens with zero attached hydrogens (tertiary/aromatic N) is 3. The molecule has 0 bridgehead atoms. The van der Waals surface area contributed by atoms with E-state index in [1.54, 1.807) is 25.1 Å². The second-order valence-corrected chi connectivity index (χ2v) is 2.53.